The molecule has 1 aromatic carbocycles. The monoisotopic (exact) mass is 278 g/mol. The predicted octanol–water partition coefficient (Wildman–Crippen LogP) is 1.58. The van der Waals surface area contributed by atoms with Gasteiger partial charge in [0.15, 0.2) is 0 Å². The van der Waals surface area contributed by atoms with Crippen molar-refractivity contribution in [2.45, 2.75) is 32.4 Å². The van der Waals surface area contributed by atoms with Gasteiger partial charge in [-0.3, -0.25) is 4.90 Å². The number of hydrogen-bond donors (Lipinski definition) is 2. The van der Waals surface area contributed by atoms with Crippen molar-refractivity contribution >= 4 is 0 Å². The van der Waals surface area contributed by atoms with Crippen LogP contribution in [0.1, 0.15) is 31.1 Å². The minimum Gasteiger partial charge on any atom is -0.497 e. The van der Waals surface area contributed by atoms with Gasteiger partial charge in [-0.15, -0.1) is 0 Å². The third kappa shape index (κ3) is 3.32. The number of aliphatic hydroxyl groups is 1. The molecule has 2 atom stereocenters. The third-order valence-electron chi connectivity index (χ3n) is 4.23. The van der Waals surface area contributed by atoms with Crippen molar-refractivity contribution in [3.8, 4) is 5.75 Å². The van der Waals surface area contributed by atoms with Gasteiger partial charge in [0.2, 0.25) is 0 Å². The van der Waals surface area contributed by atoms with E-state index in [1.807, 2.05) is 18.2 Å². The molecule has 1 aliphatic heterocycles. The molecule has 1 saturated heterocycles. The van der Waals surface area contributed by atoms with Gasteiger partial charge in [0.05, 0.1) is 13.2 Å². The van der Waals surface area contributed by atoms with Gasteiger partial charge in [-0.25, -0.2) is 0 Å². The van der Waals surface area contributed by atoms with E-state index in [9.17, 15) is 5.11 Å². The number of aryl methyl sites for hydroxylation is 1. The van der Waals surface area contributed by atoms with Crippen molar-refractivity contribution in [1.29, 1.82) is 0 Å². The molecular formula is C16H26N2O2. The number of nitrogens with zero attached hydrogens (tertiary/aromatic N) is 1. The van der Waals surface area contributed by atoms with Crippen LogP contribution in [0.25, 0.3) is 0 Å². The van der Waals surface area contributed by atoms with E-state index in [4.69, 9.17) is 4.74 Å². The average Bonchev–Trinajstić information content (AvgIpc) is 2.53. The van der Waals surface area contributed by atoms with Crippen LogP contribution in [0.15, 0.2) is 18.2 Å². The lowest BCUT2D eigenvalue weighted by Crippen LogP contribution is -2.49. The lowest BCUT2D eigenvalue weighted by molar-refractivity contribution is 0.0504. The van der Waals surface area contributed by atoms with Crippen molar-refractivity contribution in [2.75, 3.05) is 33.3 Å². The first kappa shape index (κ1) is 15.3. The van der Waals surface area contributed by atoms with Gasteiger partial charge in [0, 0.05) is 32.2 Å². The fraction of sp³-hybridized carbons (Fsp3) is 0.625. The largest absolute Gasteiger partial charge is 0.497 e. The molecule has 0 bridgehead atoms. The molecule has 20 heavy (non-hydrogen) atoms. The SMILES string of the molecule is CCc1cc(OC)ccc1C(O)C(C)N1CCNCC1. The second kappa shape index (κ2) is 7.07. The highest BCUT2D eigenvalue weighted by Crippen LogP contribution is 2.27. The summed E-state index contributed by atoms with van der Waals surface area (Å²) >= 11 is 0. The number of rotatable bonds is 5. The standard InChI is InChI=1S/C16H26N2O2/c1-4-13-11-14(20-3)5-6-15(13)16(19)12(2)18-9-7-17-8-10-18/h5-6,11-12,16-17,19H,4,7-10H2,1-3H3. The first-order valence-corrected chi connectivity index (χ1v) is 7.47. The van der Waals surface area contributed by atoms with E-state index in [2.05, 4.69) is 24.1 Å². The van der Waals surface area contributed by atoms with E-state index in [1.165, 1.54) is 5.56 Å². The maximum atomic E-state index is 10.7. The Hall–Kier alpha value is -1.10. The lowest BCUT2D eigenvalue weighted by atomic mass is 9.95. The van der Waals surface area contributed by atoms with Crippen molar-refractivity contribution in [3.63, 3.8) is 0 Å². The van der Waals surface area contributed by atoms with Gasteiger partial charge in [-0.05, 0) is 36.6 Å². The summed E-state index contributed by atoms with van der Waals surface area (Å²) < 4.78 is 5.27. The molecular weight excluding hydrogens is 252 g/mol. The van der Waals surface area contributed by atoms with E-state index in [1.54, 1.807) is 7.11 Å². The van der Waals surface area contributed by atoms with Crippen LogP contribution in [0.4, 0.5) is 0 Å². The van der Waals surface area contributed by atoms with Crippen molar-refractivity contribution in [1.82, 2.24) is 10.2 Å². The van der Waals surface area contributed by atoms with Crippen LogP contribution < -0.4 is 10.1 Å². The molecule has 112 valence electrons. The van der Waals surface area contributed by atoms with Gasteiger partial charge in [-0.2, -0.15) is 0 Å². The molecule has 2 unspecified atom stereocenters. The lowest BCUT2D eigenvalue weighted by Gasteiger charge is -2.36. The number of nitrogens with one attached hydrogen (secondary N) is 1. The van der Waals surface area contributed by atoms with E-state index >= 15 is 0 Å². The van der Waals surface area contributed by atoms with Gasteiger partial charge in [0.1, 0.15) is 5.75 Å². The summed E-state index contributed by atoms with van der Waals surface area (Å²) in [5.74, 6) is 0.854. The highest BCUT2D eigenvalue weighted by atomic mass is 16.5. The molecule has 1 aromatic rings. The van der Waals surface area contributed by atoms with E-state index in [-0.39, 0.29) is 6.04 Å². The predicted molar refractivity (Wildman–Crippen MR) is 81.2 cm³/mol. The fourth-order valence-corrected chi connectivity index (χ4v) is 2.85. The topological polar surface area (TPSA) is 44.7 Å². The summed E-state index contributed by atoms with van der Waals surface area (Å²) in [5.41, 5.74) is 2.19. The number of benzene rings is 1. The van der Waals surface area contributed by atoms with Gasteiger partial charge in [-0.1, -0.05) is 13.0 Å². The minimum atomic E-state index is -0.450. The van der Waals surface area contributed by atoms with Crippen molar-refractivity contribution in [3.05, 3.63) is 29.3 Å². The molecule has 0 aromatic heterocycles. The first-order chi connectivity index (χ1) is 9.67. The fourth-order valence-electron chi connectivity index (χ4n) is 2.85. The zero-order chi connectivity index (χ0) is 14.5. The van der Waals surface area contributed by atoms with Crippen molar-refractivity contribution in [2.24, 2.45) is 0 Å². The average molecular weight is 278 g/mol. The molecule has 0 radical (unpaired) electrons. The molecule has 4 heteroatoms. The highest BCUT2D eigenvalue weighted by molar-refractivity contribution is 5.37. The van der Waals surface area contributed by atoms with Crippen LogP contribution in [-0.2, 0) is 6.42 Å². The molecule has 0 spiro atoms. The summed E-state index contributed by atoms with van der Waals surface area (Å²) in [6.07, 6.45) is 0.451. The van der Waals surface area contributed by atoms with Crippen LogP contribution in [0.2, 0.25) is 0 Å². The first-order valence-electron chi connectivity index (χ1n) is 7.47. The van der Waals surface area contributed by atoms with Gasteiger partial charge < -0.3 is 15.2 Å². The van der Waals surface area contributed by atoms with Crippen LogP contribution in [0.5, 0.6) is 5.75 Å². The van der Waals surface area contributed by atoms with Crippen molar-refractivity contribution < 1.29 is 9.84 Å². The Morgan fingerprint density at radius 1 is 1.35 bits per heavy atom. The van der Waals surface area contributed by atoms with Crippen LogP contribution >= 0.6 is 0 Å². The van der Waals surface area contributed by atoms with E-state index in [0.717, 1.165) is 43.9 Å². The highest BCUT2D eigenvalue weighted by Gasteiger charge is 2.25. The molecule has 0 aliphatic carbocycles. The molecule has 0 amide bonds. The minimum absolute atomic E-state index is 0.135. The second-order valence-corrected chi connectivity index (χ2v) is 5.39. The number of ether oxygens (including phenoxy) is 1. The van der Waals surface area contributed by atoms with Crippen LogP contribution in [0.3, 0.4) is 0 Å². The Labute approximate surface area is 121 Å². The molecule has 1 aliphatic rings. The van der Waals surface area contributed by atoms with E-state index in [0.29, 0.717) is 0 Å². The number of hydrogen-bond acceptors (Lipinski definition) is 4. The third-order valence-corrected chi connectivity index (χ3v) is 4.23. The summed E-state index contributed by atoms with van der Waals surface area (Å²) in [4.78, 5) is 2.35. The molecule has 1 heterocycles. The number of methoxy groups -OCH3 is 1. The maximum absolute atomic E-state index is 10.7. The summed E-state index contributed by atoms with van der Waals surface area (Å²) in [7, 11) is 1.67. The molecule has 0 saturated carbocycles. The summed E-state index contributed by atoms with van der Waals surface area (Å²) in [6.45, 7) is 8.21. The zero-order valence-electron chi connectivity index (χ0n) is 12.7. The van der Waals surface area contributed by atoms with E-state index < -0.39 is 6.10 Å². The normalized spacial score (nSPS) is 19.6. The Morgan fingerprint density at radius 3 is 2.65 bits per heavy atom. The number of piperazine rings is 1. The van der Waals surface area contributed by atoms with Gasteiger partial charge >= 0.3 is 0 Å². The quantitative estimate of drug-likeness (QED) is 0.858. The summed E-state index contributed by atoms with van der Waals surface area (Å²) in [5, 5.41) is 14.1. The molecule has 2 rings (SSSR count). The number of aliphatic hydroxyl groups excluding tert-OH is 1. The molecule has 1 fully saturated rings. The zero-order valence-corrected chi connectivity index (χ0v) is 12.7. The Kier molecular flexibility index (Phi) is 5.40. The smallest absolute Gasteiger partial charge is 0.119 e. The van der Waals surface area contributed by atoms with Crippen LogP contribution in [-0.4, -0.2) is 49.3 Å². The molecule has 4 nitrogen and oxygen atoms in total. The Bertz CT molecular complexity index is 430. The summed E-state index contributed by atoms with van der Waals surface area (Å²) in [6, 6.07) is 6.10. The second-order valence-electron chi connectivity index (χ2n) is 5.39. The maximum Gasteiger partial charge on any atom is 0.119 e. The van der Waals surface area contributed by atoms with Gasteiger partial charge in [0.25, 0.3) is 0 Å². The molecule has 2 N–H and O–H groups in total. The Morgan fingerprint density at radius 2 is 2.05 bits per heavy atom. The van der Waals surface area contributed by atoms with Crippen LogP contribution in [0, 0.1) is 0 Å². The Balaban J connectivity index is 2.16.